The van der Waals surface area contributed by atoms with Gasteiger partial charge in [0.1, 0.15) is 5.75 Å². The van der Waals surface area contributed by atoms with Crippen LogP contribution in [-0.2, 0) is 9.13 Å². The molecule has 0 aliphatic heterocycles. The van der Waals surface area contributed by atoms with Crippen molar-refractivity contribution in [3.8, 4) is 5.75 Å². The Bertz CT molecular complexity index is 563. The normalized spacial score (nSPS) is 12.5. The molecule has 21 heavy (non-hydrogen) atoms. The summed E-state index contributed by atoms with van der Waals surface area (Å²) in [5.74, 6) is 0.0689. The largest absolute Gasteiger partial charge is 0.497 e. The summed E-state index contributed by atoms with van der Waals surface area (Å²) in [5, 5.41) is -2.16. The molecule has 0 aliphatic carbocycles. The van der Waals surface area contributed by atoms with Crippen molar-refractivity contribution < 1.29 is 38.2 Å². The van der Waals surface area contributed by atoms with E-state index in [1.54, 1.807) is 0 Å². The number of ether oxygens (including phenoxy) is 1. The lowest BCUT2D eigenvalue weighted by Crippen LogP contribution is -2.12. The number of carbonyl (C=O) groups is 1. The van der Waals surface area contributed by atoms with E-state index in [1.165, 1.54) is 31.4 Å². The van der Waals surface area contributed by atoms with Crippen LogP contribution < -0.4 is 4.74 Å². The molecule has 8 nitrogen and oxygen atoms in total. The minimum absolute atomic E-state index is 0.269. The Labute approximate surface area is 121 Å². The number of ketones is 1. The molecule has 0 spiro atoms. The summed E-state index contributed by atoms with van der Waals surface area (Å²) in [5.41, 5.74) is 0.269. The molecule has 0 aromatic heterocycles. The van der Waals surface area contributed by atoms with Crippen molar-refractivity contribution in [3.05, 3.63) is 29.8 Å². The van der Waals surface area contributed by atoms with Crippen LogP contribution in [0.3, 0.4) is 0 Å². The molecule has 118 valence electrons. The van der Waals surface area contributed by atoms with E-state index in [-0.39, 0.29) is 12.0 Å². The lowest BCUT2D eigenvalue weighted by molar-refractivity contribution is 0.0980. The first-order valence-corrected chi connectivity index (χ1v) is 9.19. The minimum Gasteiger partial charge on any atom is -0.497 e. The number of benzene rings is 1. The van der Waals surface area contributed by atoms with E-state index in [0.717, 1.165) is 0 Å². The molecule has 0 saturated carbocycles. The number of hydrogen-bond donors (Lipinski definition) is 4. The van der Waals surface area contributed by atoms with E-state index >= 15 is 0 Å². The van der Waals surface area contributed by atoms with Crippen molar-refractivity contribution in [2.45, 2.75) is 18.2 Å². The first-order valence-electron chi connectivity index (χ1n) is 5.83. The fourth-order valence-electron chi connectivity index (χ4n) is 1.71. The maximum atomic E-state index is 11.9. The van der Waals surface area contributed by atoms with E-state index < -0.39 is 32.8 Å². The third kappa shape index (κ3) is 5.36. The second-order valence-corrected chi connectivity index (χ2v) is 8.36. The fourth-order valence-corrected chi connectivity index (χ4v) is 4.21. The van der Waals surface area contributed by atoms with Crippen LogP contribution in [-0.4, -0.2) is 37.9 Å². The zero-order valence-corrected chi connectivity index (χ0v) is 12.9. The molecule has 1 aromatic rings. The topological polar surface area (TPSA) is 141 Å². The molecule has 0 bridgehead atoms. The molecule has 1 rings (SSSR count). The second-order valence-electron chi connectivity index (χ2n) is 4.35. The summed E-state index contributed by atoms with van der Waals surface area (Å²) in [4.78, 5) is 47.7. The van der Waals surface area contributed by atoms with Gasteiger partial charge in [-0.15, -0.1) is 0 Å². The predicted molar refractivity (Wildman–Crippen MR) is 74.4 cm³/mol. The van der Waals surface area contributed by atoms with Crippen molar-refractivity contribution >= 4 is 21.0 Å². The van der Waals surface area contributed by atoms with Gasteiger partial charge in [-0.2, -0.15) is 0 Å². The van der Waals surface area contributed by atoms with Gasteiger partial charge in [0.2, 0.25) is 0 Å². The summed E-state index contributed by atoms with van der Waals surface area (Å²) < 4.78 is 27.1. The first-order chi connectivity index (χ1) is 9.55. The summed E-state index contributed by atoms with van der Waals surface area (Å²) in [7, 11) is -8.53. The molecule has 0 unspecified atom stereocenters. The summed E-state index contributed by atoms with van der Waals surface area (Å²) in [6, 6.07) is 6.00. The Morgan fingerprint density at radius 3 is 1.95 bits per heavy atom. The first kappa shape index (κ1) is 18.0. The summed E-state index contributed by atoms with van der Waals surface area (Å²) in [6.45, 7) is 0. The van der Waals surface area contributed by atoms with Gasteiger partial charge in [0.25, 0.3) is 0 Å². The van der Waals surface area contributed by atoms with Crippen molar-refractivity contribution in [3.63, 3.8) is 0 Å². The SMILES string of the molecule is COc1ccc(C(=O)CCC(P(=O)(O)O)P(=O)(O)O)cc1. The predicted octanol–water partition coefficient (Wildman–Crippen LogP) is 1.34. The smallest absolute Gasteiger partial charge is 0.340 e. The summed E-state index contributed by atoms with van der Waals surface area (Å²) in [6.07, 6.45) is -0.980. The van der Waals surface area contributed by atoms with Gasteiger partial charge in [-0.05, 0) is 30.7 Å². The van der Waals surface area contributed by atoms with Gasteiger partial charge < -0.3 is 24.3 Å². The maximum absolute atomic E-state index is 11.9. The highest BCUT2D eigenvalue weighted by atomic mass is 31.2. The zero-order chi connectivity index (χ0) is 16.3. The van der Waals surface area contributed by atoms with E-state index in [1.807, 2.05) is 0 Å². The van der Waals surface area contributed by atoms with Crippen molar-refractivity contribution in [1.29, 1.82) is 0 Å². The summed E-state index contributed by atoms with van der Waals surface area (Å²) >= 11 is 0. The number of rotatable bonds is 7. The molecule has 1 aromatic carbocycles. The standard InChI is InChI=1S/C11H16O8P2/c1-19-9-4-2-8(3-5-9)10(12)6-7-11(20(13,14)15)21(16,17)18/h2-5,11H,6-7H2,1H3,(H2,13,14,15)(H2,16,17,18). The average molecular weight is 338 g/mol. The Hall–Kier alpha value is -1.01. The van der Waals surface area contributed by atoms with Gasteiger partial charge in [0.15, 0.2) is 11.2 Å². The molecule has 4 N–H and O–H groups in total. The Balaban J connectivity index is 2.78. The Morgan fingerprint density at radius 1 is 1.10 bits per heavy atom. The number of hydrogen-bond acceptors (Lipinski definition) is 4. The van der Waals surface area contributed by atoms with Crippen LogP contribution in [0.15, 0.2) is 24.3 Å². The quantitative estimate of drug-likeness (QED) is 0.431. The highest BCUT2D eigenvalue weighted by Crippen LogP contribution is 2.61. The molecule has 0 fully saturated rings. The third-order valence-electron chi connectivity index (χ3n) is 2.82. The highest BCUT2D eigenvalue weighted by molar-refractivity contribution is 7.70. The van der Waals surface area contributed by atoms with E-state index in [0.29, 0.717) is 5.75 Å². The molecule has 0 saturated heterocycles. The van der Waals surface area contributed by atoms with E-state index in [9.17, 15) is 13.9 Å². The molecule has 0 aliphatic rings. The number of methoxy groups -OCH3 is 1. The Morgan fingerprint density at radius 2 is 1.57 bits per heavy atom. The van der Waals surface area contributed by atoms with Gasteiger partial charge in [-0.25, -0.2) is 0 Å². The highest BCUT2D eigenvalue weighted by Gasteiger charge is 2.43. The third-order valence-corrected chi connectivity index (χ3v) is 6.69. The zero-order valence-electron chi connectivity index (χ0n) is 11.1. The molecule has 0 atom stereocenters. The van der Waals surface area contributed by atoms with Crippen LogP contribution in [0, 0.1) is 0 Å². The van der Waals surface area contributed by atoms with Crippen molar-refractivity contribution in [2.24, 2.45) is 0 Å². The van der Waals surface area contributed by atoms with Crippen LogP contribution >= 0.6 is 15.2 Å². The maximum Gasteiger partial charge on any atom is 0.340 e. The molecule has 0 amide bonds. The van der Waals surface area contributed by atoms with E-state index in [4.69, 9.17) is 24.3 Å². The van der Waals surface area contributed by atoms with Crippen LogP contribution in [0.2, 0.25) is 0 Å². The second kappa shape index (κ2) is 6.83. The fraction of sp³-hybridized carbons (Fsp3) is 0.364. The van der Waals surface area contributed by atoms with Gasteiger partial charge in [0.05, 0.1) is 7.11 Å². The van der Waals surface area contributed by atoms with Gasteiger partial charge >= 0.3 is 15.2 Å². The van der Waals surface area contributed by atoms with Crippen molar-refractivity contribution in [2.75, 3.05) is 7.11 Å². The van der Waals surface area contributed by atoms with Crippen LogP contribution in [0.5, 0.6) is 5.75 Å². The van der Waals surface area contributed by atoms with Crippen LogP contribution in [0.1, 0.15) is 23.2 Å². The van der Waals surface area contributed by atoms with Gasteiger partial charge in [-0.1, -0.05) is 0 Å². The number of Topliss-reactive ketones (excluding diaryl/α,β-unsaturated/α-hetero) is 1. The molecular weight excluding hydrogens is 322 g/mol. The van der Waals surface area contributed by atoms with Crippen molar-refractivity contribution in [1.82, 2.24) is 0 Å². The molecule has 0 radical (unpaired) electrons. The lowest BCUT2D eigenvalue weighted by Gasteiger charge is -2.18. The van der Waals surface area contributed by atoms with Gasteiger partial charge in [0, 0.05) is 12.0 Å². The minimum atomic E-state index is -4.99. The van der Waals surface area contributed by atoms with Crippen LogP contribution in [0.4, 0.5) is 0 Å². The molecule has 0 heterocycles. The molecular formula is C11H16O8P2. The van der Waals surface area contributed by atoms with E-state index in [2.05, 4.69) is 0 Å². The van der Waals surface area contributed by atoms with Crippen LogP contribution in [0.25, 0.3) is 0 Å². The van der Waals surface area contributed by atoms with Gasteiger partial charge in [-0.3, -0.25) is 13.9 Å². The number of carbonyl (C=O) groups excluding carboxylic acids is 1. The monoisotopic (exact) mass is 338 g/mol. The molecule has 10 heteroatoms. The average Bonchev–Trinajstić information content (AvgIpc) is 2.35. The Kier molecular flexibility index (Phi) is 5.87. The lowest BCUT2D eigenvalue weighted by atomic mass is 10.1.